The lowest BCUT2D eigenvalue weighted by molar-refractivity contribution is 0.0559. The Morgan fingerprint density at radius 2 is 1.76 bits per heavy atom. The first kappa shape index (κ1) is 13.3. The molecule has 1 aliphatic heterocycles. The molecule has 1 aliphatic carbocycles. The van der Waals surface area contributed by atoms with Crippen molar-refractivity contribution in [1.29, 1.82) is 0 Å². The smallest absolute Gasteiger partial charge is 0.0646 e. The van der Waals surface area contributed by atoms with Crippen LogP contribution in [0, 0.1) is 0 Å². The van der Waals surface area contributed by atoms with Gasteiger partial charge in [-0.25, -0.2) is 0 Å². The van der Waals surface area contributed by atoms with E-state index in [1.54, 1.807) is 0 Å². The molecular formula is C13H27N3O. The normalized spacial score (nSPS) is 26.5. The number of nitrogens with zero attached hydrogens (tertiary/aromatic N) is 2. The maximum absolute atomic E-state index is 6.25. The third-order valence-corrected chi connectivity index (χ3v) is 4.14. The zero-order valence-corrected chi connectivity index (χ0v) is 11.2. The lowest BCUT2D eigenvalue weighted by atomic mass is 10.0. The summed E-state index contributed by atoms with van der Waals surface area (Å²) in [5.41, 5.74) is 6.24. The van der Waals surface area contributed by atoms with E-state index in [1.807, 2.05) is 0 Å². The minimum atomic E-state index is -0.0118. The molecule has 17 heavy (non-hydrogen) atoms. The minimum absolute atomic E-state index is 0.0118. The van der Waals surface area contributed by atoms with Crippen molar-refractivity contribution in [3.8, 4) is 0 Å². The van der Waals surface area contributed by atoms with E-state index in [-0.39, 0.29) is 5.54 Å². The van der Waals surface area contributed by atoms with E-state index in [2.05, 4.69) is 16.8 Å². The van der Waals surface area contributed by atoms with E-state index in [0.29, 0.717) is 0 Å². The predicted molar refractivity (Wildman–Crippen MR) is 70.1 cm³/mol. The van der Waals surface area contributed by atoms with Crippen molar-refractivity contribution in [2.24, 2.45) is 5.73 Å². The highest BCUT2D eigenvalue weighted by atomic mass is 16.5. The summed E-state index contributed by atoms with van der Waals surface area (Å²) >= 11 is 0. The van der Waals surface area contributed by atoms with Gasteiger partial charge < -0.3 is 15.4 Å². The van der Waals surface area contributed by atoms with E-state index in [0.717, 1.165) is 32.6 Å². The van der Waals surface area contributed by atoms with Crippen LogP contribution in [0.4, 0.5) is 0 Å². The van der Waals surface area contributed by atoms with Crippen molar-refractivity contribution < 1.29 is 4.74 Å². The number of piperazine rings is 1. The van der Waals surface area contributed by atoms with Gasteiger partial charge in [0, 0.05) is 38.3 Å². The maximum Gasteiger partial charge on any atom is 0.0646 e. The molecule has 0 amide bonds. The monoisotopic (exact) mass is 241 g/mol. The third-order valence-electron chi connectivity index (χ3n) is 4.14. The largest absolute Gasteiger partial charge is 0.378 e. The Labute approximate surface area is 105 Å². The summed E-state index contributed by atoms with van der Waals surface area (Å²) in [5, 5.41) is 0. The number of ether oxygens (including phenoxy) is 1. The number of nitrogens with two attached hydrogens (primary N) is 1. The van der Waals surface area contributed by atoms with Crippen LogP contribution in [0.3, 0.4) is 0 Å². The molecular weight excluding hydrogens is 214 g/mol. The molecule has 0 radical (unpaired) electrons. The first-order chi connectivity index (χ1) is 8.18. The van der Waals surface area contributed by atoms with E-state index in [9.17, 15) is 0 Å². The van der Waals surface area contributed by atoms with Crippen LogP contribution in [0.5, 0.6) is 0 Å². The molecule has 0 unspecified atom stereocenters. The molecule has 1 saturated carbocycles. The molecule has 0 atom stereocenters. The van der Waals surface area contributed by atoms with Crippen molar-refractivity contribution >= 4 is 0 Å². The highest BCUT2D eigenvalue weighted by Crippen LogP contribution is 2.27. The van der Waals surface area contributed by atoms with Gasteiger partial charge in [0.05, 0.1) is 13.2 Å². The summed E-state index contributed by atoms with van der Waals surface area (Å²) in [6.07, 6.45) is 4.83. The Hall–Kier alpha value is -0.160. The zero-order valence-electron chi connectivity index (χ0n) is 11.2. The Morgan fingerprint density at radius 3 is 2.41 bits per heavy atom. The second kappa shape index (κ2) is 6.14. The number of likely N-dealkylation sites (N-methyl/N-ethyl adjacent to an activating group) is 1. The predicted octanol–water partition coefficient (Wildman–Crippen LogP) is 0.522. The molecule has 4 nitrogen and oxygen atoms in total. The van der Waals surface area contributed by atoms with Crippen LogP contribution in [0.2, 0.25) is 0 Å². The molecule has 100 valence electrons. The fraction of sp³-hybridized carbons (Fsp3) is 1.00. The third kappa shape index (κ3) is 4.21. The van der Waals surface area contributed by atoms with Crippen LogP contribution in [-0.2, 0) is 4.74 Å². The van der Waals surface area contributed by atoms with Gasteiger partial charge in [-0.3, -0.25) is 4.90 Å². The molecule has 4 heteroatoms. The van der Waals surface area contributed by atoms with Gasteiger partial charge in [0.25, 0.3) is 0 Å². The molecule has 2 rings (SSSR count). The summed E-state index contributed by atoms with van der Waals surface area (Å²) in [7, 11) is 2.19. The molecule has 1 heterocycles. The highest BCUT2D eigenvalue weighted by molar-refractivity contribution is 4.88. The SMILES string of the molecule is CN1CCN(CCOCC2(N)CCCC2)CC1. The van der Waals surface area contributed by atoms with E-state index < -0.39 is 0 Å². The van der Waals surface area contributed by atoms with Gasteiger partial charge in [0.2, 0.25) is 0 Å². The quantitative estimate of drug-likeness (QED) is 0.713. The van der Waals surface area contributed by atoms with Gasteiger partial charge in [-0.1, -0.05) is 12.8 Å². The lowest BCUT2D eigenvalue weighted by Crippen LogP contribution is -2.46. The van der Waals surface area contributed by atoms with Gasteiger partial charge >= 0.3 is 0 Å². The zero-order chi connectivity index (χ0) is 12.1. The average molecular weight is 241 g/mol. The number of rotatable bonds is 5. The van der Waals surface area contributed by atoms with Crippen LogP contribution < -0.4 is 5.73 Å². The van der Waals surface area contributed by atoms with Gasteiger partial charge in [0.15, 0.2) is 0 Å². The summed E-state index contributed by atoms with van der Waals surface area (Å²) in [5.74, 6) is 0. The topological polar surface area (TPSA) is 41.7 Å². The van der Waals surface area contributed by atoms with Gasteiger partial charge in [-0.05, 0) is 19.9 Å². The Balaban J connectivity index is 1.54. The van der Waals surface area contributed by atoms with E-state index >= 15 is 0 Å². The van der Waals surface area contributed by atoms with Crippen LogP contribution in [0.1, 0.15) is 25.7 Å². The summed E-state index contributed by atoms with van der Waals surface area (Å²) in [6.45, 7) is 7.36. The number of hydrogen-bond acceptors (Lipinski definition) is 4. The van der Waals surface area contributed by atoms with Crippen molar-refractivity contribution in [3.63, 3.8) is 0 Å². The molecule has 2 N–H and O–H groups in total. The maximum atomic E-state index is 6.25. The standard InChI is InChI=1S/C13H27N3O/c1-15-6-8-16(9-7-15)10-11-17-12-13(14)4-2-3-5-13/h2-12,14H2,1H3. The fourth-order valence-electron chi connectivity index (χ4n) is 2.76. The molecule has 0 aromatic rings. The first-order valence-corrected chi connectivity index (χ1v) is 6.96. The van der Waals surface area contributed by atoms with Gasteiger partial charge in [0.1, 0.15) is 0 Å². The molecule has 0 aromatic heterocycles. The highest BCUT2D eigenvalue weighted by Gasteiger charge is 2.29. The van der Waals surface area contributed by atoms with Crippen LogP contribution in [0.25, 0.3) is 0 Å². The summed E-state index contributed by atoms with van der Waals surface area (Å²) in [4.78, 5) is 4.86. The molecule has 0 bridgehead atoms. The second-order valence-electron chi connectivity index (χ2n) is 5.77. The van der Waals surface area contributed by atoms with Crippen LogP contribution in [0.15, 0.2) is 0 Å². The Kier molecular flexibility index (Phi) is 4.79. The number of hydrogen-bond donors (Lipinski definition) is 1. The first-order valence-electron chi connectivity index (χ1n) is 6.96. The van der Waals surface area contributed by atoms with Crippen molar-refractivity contribution in [3.05, 3.63) is 0 Å². The van der Waals surface area contributed by atoms with Crippen molar-refractivity contribution in [2.75, 3.05) is 53.0 Å². The molecule has 0 aromatic carbocycles. The molecule has 2 fully saturated rings. The van der Waals surface area contributed by atoms with Crippen molar-refractivity contribution in [2.45, 2.75) is 31.2 Å². The van der Waals surface area contributed by atoms with E-state index in [1.165, 1.54) is 39.0 Å². The Bertz CT molecular complexity index is 221. The second-order valence-corrected chi connectivity index (χ2v) is 5.77. The van der Waals surface area contributed by atoms with Gasteiger partial charge in [-0.2, -0.15) is 0 Å². The summed E-state index contributed by atoms with van der Waals surface area (Å²) < 4.78 is 5.77. The average Bonchev–Trinajstić information content (AvgIpc) is 2.74. The molecule has 0 spiro atoms. The molecule has 2 aliphatic rings. The summed E-state index contributed by atoms with van der Waals surface area (Å²) in [6, 6.07) is 0. The Morgan fingerprint density at radius 1 is 1.12 bits per heavy atom. The van der Waals surface area contributed by atoms with E-state index in [4.69, 9.17) is 10.5 Å². The lowest BCUT2D eigenvalue weighted by Gasteiger charge is -2.32. The molecule has 1 saturated heterocycles. The van der Waals surface area contributed by atoms with Crippen molar-refractivity contribution in [1.82, 2.24) is 9.80 Å². The van der Waals surface area contributed by atoms with Crippen LogP contribution in [-0.4, -0.2) is 68.3 Å². The fourth-order valence-corrected chi connectivity index (χ4v) is 2.76. The van der Waals surface area contributed by atoms with Crippen LogP contribution >= 0.6 is 0 Å². The van der Waals surface area contributed by atoms with Gasteiger partial charge in [-0.15, -0.1) is 0 Å². The minimum Gasteiger partial charge on any atom is -0.378 e.